The van der Waals surface area contributed by atoms with Crippen LogP contribution in [0.2, 0.25) is 0 Å². The quantitative estimate of drug-likeness (QED) is 0.619. The van der Waals surface area contributed by atoms with Gasteiger partial charge in [0.15, 0.2) is 0 Å². The average Bonchev–Trinajstić information content (AvgIpc) is 3.20. The van der Waals surface area contributed by atoms with Crippen molar-refractivity contribution in [1.82, 2.24) is 0 Å². The maximum absolute atomic E-state index is 12.5. The molecule has 4 nitrogen and oxygen atoms in total. The number of nitrogens with zero attached hydrogens (tertiary/aromatic N) is 1. The molecule has 1 aliphatic rings. The number of anilines is 1. The highest BCUT2D eigenvalue weighted by Gasteiger charge is 2.59. The van der Waals surface area contributed by atoms with E-state index in [1.165, 1.54) is 7.11 Å². The first-order chi connectivity index (χ1) is 8.92. The van der Waals surface area contributed by atoms with Crippen molar-refractivity contribution in [2.24, 2.45) is 5.41 Å². The fourth-order valence-corrected chi connectivity index (χ4v) is 2.34. The van der Waals surface area contributed by atoms with Crippen molar-refractivity contribution in [3.05, 3.63) is 29.3 Å². The van der Waals surface area contributed by atoms with E-state index in [4.69, 9.17) is 4.74 Å². The number of rotatable bonds is 3. The predicted octanol–water partition coefficient (Wildman–Crippen LogP) is 2.22. The van der Waals surface area contributed by atoms with Gasteiger partial charge in [0.05, 0.1) is 7.11 Å². The fourth-order valence-electron chi connectivity index (χ4n) is 2.34. The van der Waals surface area contributed by atoms with E-state index in [0.29, 0.717) is 12.8 Å². The fraction of sp³-hybridized carbons (Fsp3) is 0.467. The van der Waals surface area contributed by atoms with Gasteiger partial charge in [0.25, 0.3) is 0 Å². The molecular formula is C15H19NO3. The smallest absolute Gasteiger partial charge is 0.321 e. The van der Waals surface area contributed by atoms with Crippen LogP contribution in [0.5, 0.6) is 0 Å². The number of ether oxygens (including phenoxy) is 1. The molecule has 19 heavy (non-hydrogen) atoms. The van der Waals surface area contributed by atoms with Gasteiger partial charge in [0.2, 0.25) is 5.91 Å². The summed E-state index contributed by atoms with van der Waals surface area (Å²) in [5.41, 5.74) is 2.00. The Morgan fingerprint density at radius 1 is 1.26 bits per heavy atom. The zero-order valence-corrected chi connectivity index (χ0v) is 11.8. The van der Waals surface area contributed by atoms with Crippen LogP contribution in [0.1, 0.15) is 24.0 Å². The van der Waals surface area contributed by atoms with Crippen molar-refractivity contribution in [3.63, 3.8) is 0 Å². The molecule has 1 saturated carbocycles. The van der Waals surface area contributed by atoms with E-state index >= 15 is 0 Å². The van der Waals surface area contributed by atoms with Crippen molar-refractivity contribution in [3.8, 4) is 0 Å². The molecule has 2 rings (SSSR count). The normalized spacial score (nSPS) is 15.8. The summed E-state index contributed by atoms with van der Waals surface area (Å²) < 4.78 is 4.75. The van der Waals surface area contributed by atoms with E-state index in [-0.39, 0.29) is 5.91 Å². The number of esters is 1. The Hall–Kier alpha value is -1.84. The van der Waals surface area contributed by atoms with E-state index in [0.717, 1.165) is 16.8 Å². The maximum Gasteiger partial charge on any atom is 0.321 e. The van der Waals surface area contributed by atoms with Crippen LogP contribution in [0, 0.1) is 19.3 Å². The van der Waals surface area contributed by atoms with E-state index in [9.17, 15) is 9.59 Å². The first-order valence-corrected chi connectivity index (χ1v) is 6.36. The lowest BCUT2D eigenvalue weighted by Crippen LogP contribution is -2.39. The van der Waals surface area contributed by atoms with Gasteiger partial charge in [0.1, 0.15) is 5.41 Å². The Morgan fingerprint density at radius 2 is 1.89 bits per heavy atom. The zero-order chi connectivity index (χ0) is 14.2. The Morgan fingerprint density at radius 3 is 2.42 bits per heavy atom. The van der Waals surface area contributed by atoms with Crippen LogP contribution in [0.15, 0.2) is 18.2 Å². The lowest BCUT2D eigenvalue weighted by Gasteiger charge is -2.24. The SMILES string of the molecule is COC(=O)C1(C(=O)N(C)c2cc(C)ccc2C)CC1. The van der Waals surface area contributed by atoms with Crippen molar-refractivity contribution in [1.29, 1.82) is 0 Å². The van der Waals surface area contributed by atoms with Gasteiger partial charge in [-0.1, -0.05) is 12.1 Å². The van der Waals surface area contributed by atoms with Crippen LogP contribution in [0.25, 0.3) is 0 Å². The van der Waals surface area contributed by atoms with Gasteiger partial charge in [-0.2, -0.15) is 0 Å². The highest BCUT2D eigenvalue weighted by atomic mass is 16.5. The van der Waals surface area contributed by atoms with E-state index in [1.807, 2.05) is 32.0 Å². The molecule has 0 heterocycles. The van der Waals surface area contributed by atoms with E-state index in [1.54, 1.807) is 11.9 Å². The molecule has 102 valence electrons. The standard InChI is InChI=1S/C15H19NO3/c1-10-5-6-11(2)12(9-10)16(3)13(17)15(7-8-15)14(18)19-4/h5-6,9H,7-8H2,1-4H3. The van der Waals surface area contributed by atoms with Gasteiger partial charge in [-0.3, -0.25) is 9.59 Å². The summed E-state index contributed by atoms with van der Waals surface area (Å²) in [5.74, 6) is -0.595. The summed E-state index contributed by atoms with van der Waals surface area (Å²) in [6, 6.07) is 5.94. The molecule has 0 saturated heterocycles. The van der Waals surface area contributed by atoms with Crippen molar-refractivity contribution >= 4 is 17.6 Å². The Labute approximate surface area is 113 Å². The molecule has 1 amide bonds. The van der Waals surface area contributed by atoms with Gasteiger partial charge < -0.3 is 9.64 Å². The second kappa shape index (κ2) is 4.68. The first kappa shape index (κ1) is 13.6. The van der Waals surface area contributed by atoms with Crippen molar-refractivity contribution in [2.75, 3.05) is 19.1 Å². The Bertz CT molecular complexity index is 532. The van der Waals surface area contributed by atoms with Crippen LogP contribution >= 0.6 is 0 Å². The topological polar surface area (TPSA) is 46.6 Å². The third-order valence-corrected chi connectivity index (χ3v) is 3.77. The molecule has 0 atom stereocenters. The summed E-state index contributed by atoms with van der Waals surface area (Å²) in [6.45, 7) is 3.94. The number of carbonyl (C=O) groups is 2. The molecule has 1 aromatic carbocycles. The molecule has 0 bridgehead atoms. The van der Waals surface area contributed by atoms with Gasteiger partial charge in [-0.05, 0) is 43.9 Å². The molecule has 1 aromatic rings. The molecule has 0 aliphatic heterocycles. The maximum atomic E-state index is 12.5. The third-order valence-electron chi connectivity index (χ3n) is 3.77. The minimum absolute atomic E-state index is 0.173. The molecule has 0 N–H and O–H groups in total. The molecule has 1 aliphatic carbocycles. The lowest BCUT2D eigenvalue weighted by atomic mass is 10.0. The van der Waals surface area contributed by atoms with E-state index < -0.39 is 11.4 Å². The summed E-state index contributed by atoms with van der Waals surface area (Å²) in [4.78, 5) is 25.8. The number of amides is 1. The molecule has 0 aromatic heterocycles. The van der Waals surface area contributed by atoms with Crippen LogP contribution in [0.4, 0.5) is 5.69 Å². The molecule has 0 unspecified atom stereocenters. The van der Waals surface area contributed by atoms with Crippen molar-refractivity contribution < 1.29 is 14.3 Å². The van der Waals surface area contributed by atoms with Crippen LogP contribution in [-0.2, 0) is 14.3 Å². The van der Waals surface area contributed by atoms with Crippen LogP contribution in [-0.4, -0.2) is 26.0 Å². The second-order valence-corrected chi connectivity index (χ2v) is 5.23. The lowest BCUT2D eigenvalue weighted by molar-refractivity contribution is -0.151. The van der Waals surface area contributed by atoms with Gasteiger partial charge in [-0.15, -0.1) is 0 Å². The molecular weight excluding hydrogens is 242 g/mol. The largest absolute Gasteiger partial charge is 0.468 e. The summed E-state index contributed by atoms with van der Waals surface area (Å²) in [7, 11) is 3.04. The monoisotopic (exact) mass is 261 g/mol. The summed E-state index contributed by atoms with van der Waals surface area (Å²) >= 11 is 0. The number of methoxy groups -OCH3 is 1. The zero-order valence-electron chi connectivity index (χ0n) is 11.8. The highest BCUT2D eigenvalue weighted by Crippen LogP contribution is 2.48. The number of hydrogen-bond acceptors (Lipinski definition) is 3. The summed E-state index contributed by atoms with van der Waals surface area (Å²) in [5, 5.41) is 0. The number of benzene rings is 1. The van der Waals surface area contributed by atoms with Gasteiger partial charge in [0, 0.05) is 12.7 Å². The molecule has 0 radical (unpaired) electrons. The number of carbonyl (C=O) groups excluding carboxylic acids is 2. The minimum atomic E-state index is -0.945. The number of aryl methyl sites for hydroxylation is 2. The molecule has 1 fully saturated rings. The second-order valence-electron chi connectivity index (χ2n) is 5.23. The summed E-state index contributed by atoms with van der Waals surface area (Å²) in [6.07, 6.45) is 1.15. The van der Waals surface area contributed by atoms with Gasteiger partial charge in [-0.25, -0.2) is 0 Å². The third kappa shape index (κ3) is 2.23. The van der Waals surface area contributed by atoms with Gasteiger partial charge >= 0.3 is 5.97 Å². The Kier molecular flexibility index (Phi) is 3.35. The van der Waals surface area contributed by atoms with Crippen LogP contribution in [0.3, 0.4) is 0 Å². The van der Waals surface area contributed by atoms with Crippen LogP contribution < -0.4 is 4.90 Å². The average molecular weight is 261 g/mol. The Balaban J connectivity index is 2.29. The van der Waals surface area contributed by atoms with Crippen molar-refractivity contribution in [2.45, 2.75) is 26.7 Å². The van der Waals surface area contributed by atoms with E-state index in [2.05, 4.69) is 0 Å². The number of hydrogen-bond donors (Lipinski definition) is 0. The minimum Gasteiger partial charge on any atom is -0.468 e. The first-order valence-electron chi connectivity index (χ1n) is 6.36. The molecule has 0 spiro atoms. The highest BCUT2D eigenvalue weighted by molar-refractivity contribution is 6.12. The molecule has 4 heteroatoms. The predicted molar refractivity (Wildman–Crippen MR) is 73.0 cm³/mol.